The molecule has 0 aromatic carbocycles. The summed E-state index contributed by atoms with van der Waals surface area (Å²) < 4.78 is 12.7. The van der Waals surface area contributed by atoms with E-state index in [9.17, 15) is 9.90 Å². The molecule has 1 unspecified atom stereocenters. The second-order valence-corrected chi connectivity index (χ2v) is 5.10. The summed E-state index contributed by atoms with van der Waals surface area (Å²) in [5.74, 6) is -0.643. The highest BCUT2D eigenvalue weighted by Gasteiger charge is 2.29. The lowest BCUT2D eigenvalue weighted by atomic mass is 10.3. The molecule has 2 aliphatic rings. The van der Waals surface area contributed by atoms with Gasteiger partial charge in [0.15, 0.2) is 17.7 Å². The molecule has 1 aliphatic heterocycles. The highest BCUT2D eigenvalue weighted by atomic mass is 16.5. The molecule has 1 aromatic heterocycles. The summed E-state index contributed by atoms with van der Waals surface area (Å²) in [4.78, 5) is 11.4. The summed E-state index contributed by atoms with van der Waals surface area (Å²) in [7, 11) is 0. The van der Waals surface area contributed by atoms with Crippen LogP contribution < -0.4 is 4.74 Å². The van der Waals surface area contributed by atoms with Crippen LogP contribution in [-0.2, 0) is 4.74 Å². The van der Waals surface area contributed by atoms with Crippen molar-refractivity contribution in [1.82, 2.24) is 9.78 Å². The van der Waals surface area contributed by atoms with Gasteiger partial charge >= 0.3 is 5.97 Å². The van der Waals surface area contributed by atoms with Crippen molar-refractivity contribution in [3.63, 3.8) is 0 Å². The van der Waals surface area contributed by atoms with Crippen molar-refractivity contribution in [3.8, 4) is 5.75 Å². The minimum Gasteiger partial charge on any atom is -0.486 e. The van der Waals surface area contributed by atoms with Crippen LogP contribution in [0.3, 0.4) is 0 Å². The van der Waals surface area contributed by atoms with E-state index in [1.54, 1.807) is 0 Å². The number of carboxylic acids is 1. The average Bonchev–Trinajstić information content (AvgIpc) is 3.09. The predicted octanol–water partition coefficient (Wildman–Crippen LogP) is 2.21. The van der Waals surface area contributed by atoms with E-state index in [4.69, 9.17) is 9.47 Å². The molecule has 1 atom stereocenters. The number of aromatic carboxylic acids is 1. The van der Waals surface area contributed by atoms with Crippen LogP contribution in [0.25, 0.3) is 0 Å². The maximum Gasteiger partial charge on any atom is 0.358 e. The summed E-state index contributed by atoms with van der Waals surface area (Å²) in [5, 5.41) is 13.5. The van der Waals surface area contributed by atoms with E-state index >= 15 is 0 Å². The fourth-order valence-corrected chi connectivity index (χ4v) is 2.79. The molecule has 1 aromatic rings. The van der Waals surface area contributed by atoms with Crippen LogP contribution in [-0.4, -0.2) is 33.6 Å². The van der Waals surface area contributed by atoms with Gasteiger partial charge in [-0.3, -0.25) is 0 Å². The Hall–Kier alpha value is -1.56. The third-order valence-electron chi connectivity index (χ3n) is 3.74. The standard InChI is InChI=1S/C13H18N2O4/c16-13(17)12-10(19-9-4-1-2-5-9)8-14-15(12)11-6-3-7-18-11/h8-9,11H,1-7H2,(H,16,17). The quantitative estimate of drug-likeness (QED) is 0.904. The summed E-state index contributed by atoms with van der Waals surface area (Å²) in [6.45, 7) is 0.655. The van der Waals surface area contributed by atoms with Gasteiger partial charge in [-0.1, -0.05) is 0 Å². The lowest BCUT2D eigenvalue weighted by molar-refractivity contribution is 0.0383. The Balaban J connectivity index is 1.84. The van der Waals surface area contributed by atoms with Gasteiger partial charge in [0.1, 0.15) is 0 Å². The van der Waals surface area contributed by atoms with Crippen molar-refractivity contribution in [2.75, 3.05) is 6.61 Å². The third kappa shape index (κ3) is 2.45. The molecule has 2 heterocycles. The number of aromatic nitrogens is 2. The molecule has 6 heteroatoms. The number of hydrogen-bond acceptors (Lipinski definition) is 4. The summed E-state index contributed by atoms with van der Waals surface area (Å²) in [6, 6.07) is 0. The zero-order chi connectivity index (χ0) is 13.2. The lowest BCUT2D eigenvalue weighted by Crippen LogP contribution is -2.18. The summed E-state index contributed by atoms with van der Waals surface area (Å²) in [5.41, 5.74) is 0.110. The molecule has 1 saturated carbocycles. The second-order valence-electron chi connectivity index (χ2n) is 5.10. The molecule has 1 N–H and O–H groups in total. The van der Waals surface area contributed by atoms with E-state index in [2.05, 4.69) is 5.10 Å². The Bertz CT molecular complexity index is 459. The van der Waals surface area contributed by atoms with E-state index < -0.39 is 5.97 Å². The van der Waals surface area contributed by atoms with Gasteiger partial charge in [0.05, 0.1) is 12.3 Å². The Kier molecular flexibility index (Phi) is 3.42. The van der Waals surface area contributed by atoms with Crippen molar-refractivity contribution < 1.29 is 19.4 Å². The van der Waals surface area contributed by atoms with E-state index in [1.807, 2.05) is 0 Å². The molecule has 0 amide bonds. The maximum absolute atomic E-state index is 11.4. The molecule has 104 valence electrons. The fraction of sp³-hybridized carbons (Fsp3) is 0.692. The average molecular weight is 266 g/mol. The van der Waals surface area contributed by atoms with Crippen LogP contribution in [0.2, 0.25) is 0 Å². The van der Waals surface area contributed by atoms with Crippen molar-refractivity contribution in [3.05, 3.63) is 11.9 Å². The molecule has 3 rings (SSSR count). The molecule has 1 aliphatic carbocycles. The molecule has 0 bridgehead atoms. The molecule has 6 nitrogen and oxygen atoms in total. The highest BCUT2D eigenvalue weighted by Crippen LogP contribution is 2.31. The van der Waals surface area contributed by atoms with E-state index in [1.165, 1.54) is 10.9 Å². The van der Waals surface area contributed by atoms with E-state index in [0.29, 0.717) is 12.4 Å². The van der Waals surface area contributed by atoms with Crippen LogP contribution in [0, 0.1) is 0 Å². The van der Waals surface area contributed by atoms with Crippen LogP contribution in [0.15, 0.2) is 6.20 Å². The van der Waals surface area contributed by atoms with E-state index in [0.717, 1.165) is 38.5 Å². The third-order valence-corrected chi connectivity index (χ3v) is 3.74. The molecular formula is C13H18N2O4. The first-order valence-corrected chi connectivity index (χ1v) is 6.85. The number of hydrogen-bond donors (Lipinski definition) is 1. The first kappa shape index (κ1) is 12.5. The second kappa shape index (κ2) is 5.21. The Labute approximate surface area is 111 Å². The van der Waals surface area contributed by atoms with Crippen molar-refractivity contribution in [2.24, 2.45) is 0 Å². The van der Waals surface area contributed by atoms with Crippen LogP contribution in [0.5, 0.6) is 5.75 Å². The molecule has 1 saturated heterocycles. The number of ether oxygens (including phenoxy) is 2. The van der Waals surface area contributed by atoms with Gasteiger partial charge in [0.2, 0.25) is 0 Å². The van der Waals surface area contributed by atoms with Crippen molar-refractivity contribution in [1.29, 1.82) is 0 Å². The van der Waals surface area contributed by atoms with Crippen LogP contribution in [0.1, 0.15) is 55.2 Å². The van der Waals surface area contributed by atoms with Crippen molar-refractivity contribution >= 4 is 5.97 Å². The highest BCUT2D eigenvalue weighted by molar-refractivity contribution is 5.88. The summed E-state index contributed by atoms with van der Waals surface area (Å²) >= 11 is 0. The number of rotatable bonds is 4. The molecule has 2 fully saturated rings. The largest absolute Gasteiger partial charge is 0.486 e. The van der Waals surface area contributed by atoms with Gasteiger partial charge in [-0.15, -0.1) is 0 Å². The number of carboxylic acid groups (broad SMARTS) is 1. The first-order chi connectivity index (χ1) is 9.25. The maximum atomic E-state index is 11.4. The van der Waals surface area contributed by atoms with Gasteiger partial charge in [0.25, 0.3) is 0 Å². The van der Waals surface area contributed by atoms with Gasteiger partial charge < -0.3 is 14.6 Å². The smallest absolute Gasteiger partial charge is 0.358 e. The molecule has 19 heavy (non-hydrogen) atoms. The van der Waals surface area contributed by atoms with Crippen LogP contribution in [0.4, 0.5) is 0 Å². The van der Waals surface area contributed by atoms with Gasteiger partial charge in [-0.2, -0.15) is 5.10 Å². The number of carbonyl (C=O) groups is 1. The minimum atomic E-state index is -1.01. The Morgan fingerprint density at radius 1 is 1.37 bits per heavy atom. The van der Waals surface area contributed by atoms with Crippen molar-refractivity contribution in [2.45, 2.75) is 50.9 Å². The zero-order valence-electron chi connectivity index (χ0n) is 10.7. The first-order valence-electron chi connectivity index (χ1n) is 6.85. The zero-order valence-corrected chi connectivity index (χ0v) is 10.7. The molecule has 0 spiro atoms. The fourth-order valence-electron chi connectivity index (χ4n) is 2.79. The molecule has 0 radical (unpaired) electrons. The number of nitrogens with zero attached hydrogens (tertiary/aromatic N) is 2. The van der Waals surface area contributed by atoms with Gasteiger partial charge in [0, 0.05) is 6.61 Å². The monoisotopic (exact) mass is 266 g/mol. The summed E-state index contributed by atoms with van der Waals surface area (Å²) in [6.07, 6.45) is 7.36. The van der Waals surface area contributed by atoms with Gasteiger partial charge in [-0.25, -0.2) is 9.48 Å². The molecular weight excluding hydrogens is 248 g/mol. The lowest BCUT2D eigenvalue weighted by Gasteiger charge is -2.14. The predicted molar refractivity (Wildman–Crippen MR) is 66.3 cm³/mol. The topological polar surface area (TPSA) is 73.6 Å². The SMILES string of the molecule is O=C(O)c1c(OC2CCCC2)cnn1C1CCCO1. The van der Waals surface area contributed by atoms with E-state index in [-0.39, 0.29) is 18.0 Å². The Morgan fingerprint density at radius 3 is 2.79 bits per heavy atom. The Morgan fingerprint density at radius 2 is 2.16 bits per heavy atom. The minimum absolute atomic E-state index is 0.110. The van der Waals surface area contributed by atoms with Crippen LogP contribution >= 0.6 is 0 Å². The van der Waals surface area contributed by atoms with Gasteiger partial charge in [-0.05, 0) is 38.5 Å². The normalized spacial score (nSPS) is 23.9.